The van der Waals surface area contributed by atoms with Crippen molar-refractivity contribution in [2.45, 2.75) is 33.2 Å². The lowest BCUT2D eigenvalue weighted by Crippen LogP contribution is -2.43. The van der Waals surface area contributed by atoms with Gasteiger partial charge in [-0.15, -0.1) is 0 Å². The lowest BCUT2D eigenvalue weighted by Gasteiger charge is -2.25. The Balaban J connectivity index is 3.09. The number of phenols is 1. The van der Waals surface area contributed by atoms with Crippen molar-refractivity contribution in [3.8, 4) is 5.75 Å². The van der Waals surface area contributed by atoms with Crippen LogP contribution in [-0.2, 0) is 4.79 Å². The SMILES string of the molecule is CC[C@H](N)C(=O)N(CC)c1cc(O)ccc1C. The molecule has 0 aliphatic rings. The van der Waals surface area contributed by atoms with E-state index in [2.05, 4.69) is 0 Å². The maximum atomic E-state index is 12.1. The highest BCUT2D eigenvalue weighted by molar-refractivity contribution is 5.97. The van der Waals surface area contributed by atoms with Crippen LogP contribution in [0.1, 0.15) is 25.8 Å². The summed E-state index contributed by atoms with van der Waals surface area (Å²) in [5.74, 6) is 0.0469. The quantitative estimate of drug-likeness (QED) is 0.837. The minimum Gasteiger partial charge on any atom is -0.508 e. The molecular weight excluding hydrogens is 216 g/mol. The number of nitrogens with zero attached hydrogens (tertiary/aromatic N) is 1. The Morgan fingerprint density at radius 3 is 2.65 bits per heavy atom. The Morgan fingerprint density at radius 1 is 1.47 bits per heavy atom. The van der Waals surface area contributed by atoms with Crippen LogP contribution in [0.2, 0.25) is 0 Å². The molecule has 1 atom stereocenters. The molecular formula is C13H20N2O2. The molecule has 0 aromatic heterocycles. The van der Waals surface area contributed by atoms with Crippen LogP contribution >= 0.6 is 0 Å². The summed E-state index contributed by atoms with van der Waals surface area (Å²) in [6.45, 7) is 6.22. The first kappa shape index (κ1) is 13.5. The summed E-state index contributed by atoms with van der Waals surface area (Å²) in [4.78, 5) is 13.7. The van der Waals surface area contributed by atoms with Crippen molar-refractivity contribution in [1.29, 1.82) is 0 Å². The number of hydrogen-bond donors (Lipinski definition) is 2. The molecule has 3 N–H and O–H groups in total. The second-order valence-corrected chi connectivity index (χ2v) is 4.07. The third kappa shape index (κ3) is 2.97. The molecule has 4 heteroatoms. The molecule has 0 aliphatic heterocycles. The molecule has 0 radical (unpaired) electrons. The van der Waals surface area contributed by atoms with Crippen LogP contribution < -0.4 is 10.6 Å². The summed E-state index contributed by atoms with van der Waals surface area (Å²) in [5, 5.41) is 9.49. The molecule has 1 aromatic carbocycles. The number of nitrogens with two attached hydrogens (primary N) is 1. The lowest BCUT2D eigenvalue weighted by molar-refractivity contribution is -0.119. The number of carbonyl (C=O) groups excluding carboxylic acids is 1. The molecule has 0 spiro atoms. The summed E-state index contributed by atoms with van der Waals surface area (Å²) in [5.41, 5.74) is 7.43. The predicted octanol–water partition coefficient (Wildman–Crippen LogP) is 1.79. The molecule has 1 aromatic rings. The second-order valence-electron chi connectivity index (χ2n) is 4.07. The number of aromatic hydroxyl groups is 1. The van der Waals surface area contributed by atoms with Crippen molar-refractivity contribution in [3.05, 3.63) is 23.8 Å². The molecule has 0 saturated carbocycles. The van der Waals surface area contributed by atoms with E-state index in [0.29, 0.717) is 13.0 Å². The van der Waals surface area contributed by atoms with Gasteiger partial charge in [0.2, 0.25) is 5.91 Å². The number of benzene rings is 1. The number of carbonyl (C=O) groups is 1. The number of hydrogen-bond acceptors (Lipinski definition) is 3. The topological polar surface area (TPSA) is 66.6 Å². The van der Waals surface area contributed by atoms with E-state index in [-0.39, 0.29) is 11.7 Å². The molecule has 0 aliphatic carbocycles. The Morgan fingerprint density at radius 2 is 2.12 bits per heavy atom. The monoisotopic (exact) mass is 236 g/mol. The third-order valence-electron chi connectivity index (χ3n) is 2.82. The number of aryl methyl sites for hydroxylation is 1. The van der Waals surface area contributed by atoms with Gasteiger partial charge in [-0.1, -0.05) is 13.0 Å². The van der Waals surface area contributed by atoms with Gasteiger partial charge in [0, 0.05) is 12.6 Å². The highest BCUT2D eigenvalue weighted by atomic mass is 16.3. The van der Waals surface area contributed by atoms with Crippen LogP contribution in [0.4, 0.5) is 5.69 Å². The number of amides is 1. The molecule has 0 unspecified atom stereocenters. The fourth-order valence-corrected chi connectivity index (χ4v) is 1.71. The van der Waals surface area contributed by atoms with E-state index in [1.807, 2.05) is 20.8 Å². The van der Waals surface area contributed by atoms with Crippen LogP contribution in [0.3, 0.4) is 0 Å². The van der Waals surface area contributed by atoms with Crippen molar-refractivity contribution in [1.82, 2.24) is 0 Å². The number of anilines is 1. The van der Waals surface area contributed by atoms with Crippen molar-refractivity contribution in [3.63, 3.8) is 0 Å². The van der Waals surface area contributed by atoms with Gasteiger partial charge in [0.15, 0.2) is 0 Å². The first-order valence-corrected chi connectivity index (χ1v) is 5.87. The Hall–Kier alpha value is -1.55. The third-order valence-corrected chi connectivity index (χ3v) is 2.82. The highest BCUT2D eigenvalue weighted by Gasteiger charge is 2.21. The number of rotatable bonds is 4. The van der Waals surface area contributed by atoms with Crippen LogP contribution in [0.5, 0.6) is 5.75 Å². The van der Waals surface area contributed by atoms with Gasteiger partial charge in [-0.3, -0.25) is 4.79 Å². The summed E-state index contributed by atoms with van der Waals surface area (Å²) < 4.78 is 0. The van der Waals surface area contributed by atoms with E-state index in [0.717, 1.165) is 11.3 Å². The van der Waals surface area contributed by atoms with Gasteiger partial charge in [-0.05, 0) is 31.9 Å². The zero-order valence-electron chi connectivity index (χ0n) is 10.6. The second kappa shape index (κ2) is 5.68. The van der Waals surface area contributed by atoms with Crippen molar-refractivity contribution in [2.24, 2.45) is 5.73 Å². The Kier molecular flexibility index (Phi) is 4.52. The average Bonchev–Trinajstić information content (AvgIpc) is 2.33. The van der Waals surface area contributed by atoms with E-state index in [1.54, 1.807) is 23.1 Å². The molecule has 0 fully saturated rings. The zero-order valence-corrected chi connectivity index (χ0v) is 10.6. The van der Waals surface area contributed by atoms with Gasteiger partial charge in [0.25, 0.3) is 0 Å². The van der Waals surface area contributed by atoms with Crippen LogP contribution in [-0.4, -0.2) is 23.6 Å². The normalized spacial score (nSPS) is 12.2. The first-order valence-electron chi connectivity index (χ1n) is 5.87. The molecule has 0 bridgehead atoms. The molecule has 4 nitrogen and oxygen atoms in total. The average molecular weight is 236 g/mol. The van der Waals surface area contributed by atoms with Crippen LogP contribution in [0.15, 0.2) is 18.2 Å². The molecule has 94 valence electrons. The molecule has 0 heterocycles. The highest BCUT2D eigenvalue weighted by Crippen LogP contribution is 2.25. The molecule has 0 saturated heterocycles. The van der Waals surface area contributed by atoms with Gasteiger partial charge in [-0.25, -0.2) is 0 Å². The van der Waals surface area contributed by atoms with E-state index in [4.69, 9.17) is 5.73 Å². The van der Waals surface area contributed by atoms with Gasteiger partial charge in [0.1, 0.15) is 5.75 Å². The summed E-state index contributed by atoms with van der Waals surface area (Å²) in [6.07, 6.45) is 0.604. The van der Waals surface area contributed by atoms with Crippen molar-refractivity contribution >= 4 is 11.6 Å². The van der Waals surface area contributed by atoms with Gasteiger partial charge in [0.05, 0.1) is 11.7 Å². The summed E-state index contributed by atoms with van der Waals surface area (Å²) >= 11 is 0. The number of phenolic OH excluding ortho intramolecular Hbond substituents is 1. The summed E-state index contributed by atoms with van der Waals surface area (Å²) in [7, 11) is 0. The van der Waals surface area contributed by atoms with Crippen LogP contribution in [0, 0.1) is 6.92 Å². The minimum atomic E-state index is -0.489. The van der Waals surface area contributed by atoms with E-state index in [1.165, 1.54) is 0 Å². The maximum Gasteiger partial charge on any atom is 0.243 e. The fourth-order valence-electron chi connectivity index (χ4n) is 1.71. The predicted molar refractivity (Wildman–Crippen MR) is 69.1 cm³/mol. The summed E-state index contributed by atoms with van der Waals surface area (Å²) in [6, 6.07) is 4.50. The first-order chi connectivity index (χ1) is 8.01. The largest absolute Gasteiger partial charge is 0.508 e. The zero-order chi connectivity index (χ0) is 13.0. The molecule has 1 rings (SSSR count). The molecule has 1 amide bonds. The molecule has 17 heavy (non-hydrogen) atoms. The van der Waals surface area contributed by atoms with E-state index < -0.39 is 6.04 Å². The van der Waals surface area contributed by atoms with Crippen molar-refractivity contribution in [2.75, 3.05) is 11.4 Å². The van der Waals surface area contributed by atoms with Gasteiger partial charge in [-0.2, -0.15) is 0 Å². The maximum absolute atomic E-state index is 12.1. The minimum absolute atomic E-state index is 0.108. The number of likely N-dealkylation sites (N-methyl/N-ethyl adjacent to an activating group) is 1. The van der Waals surface area contributed by atoms with Gasteiger partial charge >= 0.3 is 0 Å². The Labute approximate surface area is 102 Å². The smallest absolute Gasteiger partial charge is 0.243 e. The van der Waals surface area contributed by atoms with Crippen molar-refractivity contribution < 1.29 is 9.90 Å². The van der Waals surface area contributed by atoms with E-state index in [9.17, 15) is 9.90 Å². The van der Waals surface area contributed by atoms with E-state index >= 15 is 0 Å². The standard InChI is InChI=1S/C13H20N2O2/c1-4-11(14)13(17)15(5-2)12-8-10(16)7-6-9(12)3/h6-8,11,16H,4-5,14H2,1-3H3/t11-/m0/s1. The van der Waals surface area contributed by atoms with Crippen LogP contribution in [0.25, 0.3) is 0 Å². The Bertz CT molecular complexity index is 404. The fraction of sp³-hybridized carbons (Fsp3) is 0.462. The lowest BCUT2D eigenvalue weighted by atomic mass is 10.1. The van der Waals surface area contributed by atoms with Gasteiger partial charge < -0.3 is 15.7 Å².